The van der Waals surface area contributed by atoms with Gasteiger partial charge < -0.3 is 0 Å². The molecule has 2 aliphatic rings. The van der Waals surface area contributed by atoms with Crippen LogP contribution in [-0.2, 0) is 15.6 Å². The number of nitriles is 1. The van der Waals surface area contributed by atoms with Crippen molar-refractivity contribution in [2.45, 2.75) is 23.2 Å². The number of carbonyl (C=O) groups excluding carboxylic acids is 1. The summed E-state index contributed by atoms with van der Waals surface area (Å²) in [6.45, 7) is 0. The zero-order valence-corrected chi connectivity index (χ0v) is 14.9. The van der Waals surface area contributed by atoms with E-state index in [0.717, 1.165) is 5.56 Å². The van der Waals surface area contributed by atoms with Crippen molar-refractivity contribution in [1.82, 2.24) is 0 Å². The lowest BCUT2D eigenvalue weighted by atomic mass is 9.72. The van der Waals surface area contributed by atoms with Crippen LogP contribution in [0.4, 0.5) is 0 Å². The Hall–Kier alpha value is -3.18. The van der Waals surface area contributed by atoms with Crippen molar-refractivity contribution in [3.05, 3.63) is 108 Å². The molecule has 0 aliphatic heterocycles. The van der Waals surface area contributed by atoms with Crippen LogP contribution in [-0.4, -0.2) is 5.78 Å². The Bertz CT molecular complexity index is 1040. The molecule has 2 nitrogen and oxygen atoms in total. The smallest absolute Gasteiger partial charge is 0.162 e. The molecule has 2 aliphatic carbocycles. The average molecular weight is 349 g/mol. The van der Waals surface area contributed by atoms with E-state index in [1.165, 1.54) is 11.1 Å². The van der Waals surface area contributed by atoms with Gasteiger partial charge in [-0.3, -0.25) is 4.79 Å². The van der Waals surface area contributed by atoms with E-state index in [0.29, 0.717) is 6.42 Å². The topological polar surface area (TPSA) is 40.9 Å². The normalized spacial score (nSPS) is 31.1. The van der Waals surface area contributed by atoms with Crippen molar-refractivity contribution in [3.63, 3.8) is 0 Å². The van der Waals surface area contributed by atoms with Gasteiger partial charge in [0.05, 0.1) is 6.07 Å². The summed E-state index contributed by atoms with van der Waals surface area (Å²) >= 11 is 0. The molecule has 0 aromatic heterocycles. The highest BCUT2D eigenvalue weighted by Gasteiger charge is 2.78. The maximum atomic E-state index is 13.6. The maximum absolute atomic E-state index is 13.6. The number of hydrogen-bond acceptors (Lipinski definition) is 2. The lowest BCUT2D eigenvalue weighted by molar-refractivity contribution is -0.122. The van der Waals surface area contributed by atoms with Crippen LogP contribution in [0.2, 0.25) is 0 Å². The van der Waals surface area contributed by atoms with E-state index in [2.05, 4.69) is 30.3 Å². The molecular formula is C25H19NO. The Morgan fingerprint density at radius 2 is 1.26 bits per heavy atom. The second-order valence-corrected chi connectivity index (χ2v) is 7.70. The second-order valence-electron chi connectivity index (χ2n) is 7.70. The Labute approximate surface area is 159 Å². The van der Waals surface area contributed by atoms with Gasteiger partial charge in [0.1, 0.15) is 5.41 Å². The molecule has 0 amide bonds. The zero-order chi connectivity index (χ0) is 18.5. The average Bonchev–Trinajstić information content (AvgIpc) is 3.34. The van der Waals surface area contributed by atoms with Gasteiger partial charge in [-0.15, -0.1) is 0 Å². The van der Waals surface area contributed by atoms with Gasteiger partial charge in [0.15, 0.2) is 5.78 Å². The zero-order valence-electron chi connectivity index (χ0n) is 14.9. The third-order valence-corrected chi connectivity index (χ3v) is 6.52. The lowest BCUT2D eigenvalue weighted by Gasteiger charge is -2.27. The molecule has 0 N–H and O–H groups in total. The van der Waals surface area contributed by atoms with Crippen LogP contribution < -0.4 is 0 Å². The van der Waals surface area contributed by atoms with Crippen molar-refractivity contribution < 1.29 is 4.79 Å². The summed E-state index contributed by atoms with van der Waals surface area (Å²) in [5.41, 5.74) is 1.86. The highest BCUT2D eigenvalue weighted by molar-refractivity contribution is 6.03. The van der Waals surface area contributed by atoms with E-state index < -0.39 is 5.41 Å². The number of hydrogen-bond donors (Lipinski definition) is 0. The fraction of sp³-hybridized carbons (Fsp3) is 0.200. The van der Waals surface area contributed by atoms with Gasteiger partial charge in [0.25, 0.3) is 0 Å². The Morgan fingerprint density at radius 1 is 0.741 bits per heavy atom. The number of fused-ring (bicyclic) bond motifs is 1. The van der Waals surface area contributed by atoms with Gasteiger partial charge in [-0.25, -0.2) is 0 Å². The minimum atomic E-state index is -1.05. The van der Waals surface area contributed by atoms with Gasteiger partial charge in [-0.1, -0.05) is 91.0 Å². The number of Topliss-reactive ketones (excluding diaryl/α,β-unsaturated/α-hetero) is 1. The van der Waals surface area contributed by atoms with Crippen LogP contribution in [0, 0.1) is 17.2 Å². The Balaban J connectivity index is 1.67. The van der Waals surface area contributed by atoms with E-state index in [1.807, 2.05) is 66.7 Å². The first-order chi connectivity index (χ1) is 13.2. The number of rotatable bonds is 3. The fourth-order valence-electron chi connectivity index (χ4n) is 5.32. The number of carbonyl (C=O) groups is 1. The summed E-state index contributed by atoms with van der Waals surface area (Å²) in [7, 11) is 0. The van der Waals surface area contributed by atoms with Crippen LogP contribution in [0.15, 0.2) is 91.0 Å². The minimum Gasteiger partial charge on any atom is -0.297 e. The quantitative estimate of drug-likeness (QED) is 0.683. The van der Waals surface area contributed by atoms with Gasteiger partial charge in [0, 0.05) is 17.3 Å². The molecule has 3 aromatic carbocycles. The number of nitrogens with zero attached hydrogens (tertiary/aromatic N) is 1. The molecule has 2 fully saturated rings. The van der Waals surface area contributed by atoms with Crippen molar-refractivity contribution in [1.29, 1.82) is 5.26 Å². The molecule has 2 saturated carbocycles. The molecule has 0 spiro atoms. The summed E-state index contributed by atoms with van der Waals surface area (Å²) in [6, 6.07) is 32.6. The molecule has 0 saturated heterocycles. The highest BCUT2D eigenvalue weighted by atomic mass is 16.1. The van der Waals surface area contributed by atoms with Gasteiger partial charge in [-0.2, -0.15) is 5.26 Å². The first-order valence-corrected chi connectivity index (χ1v) is 9.35. The van der Waals surface area contributed by atoms with Crippen LogP contribution in [0.25, 0.3) is 0 Å². The highest BCUT2D eigenvalue weighted by Crippen LogP contribution is 2.75. The third-order valence-electron chi connectivity index (χ3n) is 6.52. The summed E-state index contributed by atoms with van der Waals surface area (Å²) < 4.78 is 0. The lowest BCUT2D eigenvalue weighted by Crippen LogP contribution is -2.34. The summed E-state index contributed by atoms with van der Waals surface area (Å²) in [5, 5.41) is 10.1. The largest absolute Gasteiger partial charge is 0.297 e. The molecule has 27 heavy (non-hydrogen) atoms. The van der Waals surface area contributed by atoms with Gasteiger partial charge >= 0.3 is 0 Å². The van der Waals surface area contributed by atoms with Gasteiger partial charge in [0.2, 0.25) is 0 Å². The first-order valence-electron chi connectivity index (χ1n) is 9.35. The fourth-order valence-corrected chi connectivity index (χ4v) is 5.32. The van der Waals surface area contributed by atoms with E-state index >= 15 is 0 Å². The van der Waals surface area contributed by atoms with Crippen LogP contribution in [0.3, 0.4) is 0 Å². The monoisotopic (exact) mass is 349 g/mol. The Morgan fingerprint density at radius 3 is 1.81 bits per heavy atom. The molecule has 0 unspecified atom stereocenters. The van der Waals surface area contributed by atoms with Crippen LogP contribution in [0.5, 0.6) is 0 Å². The van der Waals surface area contributed by atoms with E-state index in [1.54, 1.807) is 0 Å². The second kappa shape index (κ2) is 5.66. The molecule has 130 valence electrons. The molecular weight excluding hydrogens is 330 g/mol. The molecule has 0 heterocycles. The van der Waals surface area contributed by atoms with Crippen LogP contribution in [0.1, 0.15) is 29.0 Å². The summed E-state index contributed by atoms with van der Waals surface area (Å²) in [6.07, 6.45) is 0.549. The van der Waals surface area contributed by atoms with Crippen LogP contribution >= 0.6 is 0 Å². The van der Waals surface area contributed by atoms with E-state index in [9.17, 15) is 10.1 Å². The predicted molar refractivity (Wildman–Crippen MR) is 104 cm³/mol. The minimum absolute atomic E-state index is 0.0777. The predicted octanol–water partition coefficient (Wildman–Crippen LogP) is 4.77. The third kappa shape index (κ3) is 2.03. The number of ketones is 1. The van der Waals surface area contributed by atoms with E-state index in [4.69, 9.17) is 0 Å². The van der Waals surface area contributed by atoms with Crippen molar-refractivity contribution >= 4 is 5.78 Å². The maximum Gasteiger partial charge on any atom is 0.162 e. The summed E-state index contributed by atoms with van der Waals surface area (Å²) in [5.74, 6) is 0.0925. The molecule has 0 bridgehead atoms. The Kier molecular flexibility index (Phi) is 3.36. The first kappa shape index (κ1) is 16.0. The molecule has 0 radical (unpaired) electrons. The molecule has 3 aromatic rings. The standard InChI is InChI=1S/C25H19NO/c26-17-24(19-12-6-2-7-13-19)16-25(20-14-8-3-9-15-20)21(22(25)23(24)27)18-10-4-1-5-11-18/h1-15,21-22H,16H2/t21-,22-,24-,25+/m1/s1. The van der Waals surface area contributed by atoms with Crippen molar-refractivity contribution in [2.75, 3.05) is 0 Å². The van der Waals surface area contributed by atoms with Gasteiger partial charge in [-0.05, 0) is 23.1 Å². The SMILES string of the molecule is N#C[C@@]1(c2ccccc2)C[C@]2(c3ccccc3)[C@H](c3ccccc3)[C@@H]2C1=O. The number of benzene rings is 3. The van der Waals surface area contributed by atoms with Crippen molar-refractivity contribution in [3.8, 4) is 6.07 Å². The van der Waals surface area contributed by atoms with E-state index in [-0.39, 0.29) is 23.0 Å². The molecule has 5 rings (SSSR count). The summed E-state index contributed by atoms with van der Waals surface area (Å²) in [4.78, 5) is 13.6. The molecule has 4 atom stereocenters. The van der Waals surface area contributed by atoms with Crippen molar-refractivity contribution in [2.24, 2.45) is 5.92 Å². The molecule has 2 heteroatoms.